The molecule has 8 heteroatoms. The van der Waals surface area contributed by atoms with Gasteiger partial charge in [-0.05, 0) is 68.3 Å². The molecule has 174 valence electrons. The molecule has 2 aromatic carbocycles. The Balaban J connectivity index is 1.67. The number of benzene rings is 2. The van der Waals surface area contributed by atoms with Crippen LogP contribution in [-0.2, 0) is 4.79 Å². The van der Waals surface area contributed by atoms with Gasteiger partial charge in [0.05, 0.1) is 12.9 Å². The van der Waals surface area contributed by atoms with E-state index in [0.717, 1.165) is 17.1 Å². The van der Waals surface area contributed by atoms with Crippen molar-refractivity contribution in [2.24, 2.45) is 5.92 Å². The molecule has 0 radical (unpaired) electrons. The molecular formula is C25H30N4O3S. The van der Waals surface area contributed by atoms with Crippen LogP contribution in [0.4, 0.5) is 5.69 Å². The van der Waals surface area contributed by atoms with Gasteiger partial charge < -0.3 is 10.1 Å². The quantitative estimate of drug-likeness (QED) is 0.314. The number of carbonyl (C=O) groups is 2. The van der Waals surface area contributed by atoms with Crippen LogP contribution < -0.4 is 10.1 Å². The van der Waals surface area contributed by atoms with Crippen LogP contribution in [0.2, 0.25) is 0 Å². The lowest BCUT2D eigenvalue weighted by Gasteiger charge is -2.14. The highest BCUT2D eigenvalue weighted by Crippen LogP contribution is 2.29. The van der Waals surface area contributed by atoms with Gasteiger partial charge in [-0.1, -0.05) is 25.6 Å². The van der Waals surface area contributed by atoms with Crippen molar-refractivity contribution in [2.45, 2.75) is 45.3 Å². The maximum atomic E-state index is 12.7. The van der Waals surface area contributed by atoms with Gasteiger partial charge in [-0.15, -0.1) is 10.2 Å². The second kappa shape index (κ2) is 11.1. The summed E-state index contributed by atoms with van der Waals surface area (Å²) in [7, 11) is 1.63. The number of ether oxygens (including phenoxy) is 1. The summed E-state index contributed by atoms with van der Waals surface area (Å²) in [5.74, 6) is 2.03. The van der Waals surface area contributed by atoms with Gasteiger partial charge in [0.15, 0.2) is 16.8 Å². The molecule has 0 aliphatic carbocycles. The molecule has 1 heterocycles. The number of aromatic nitrogens is 3. The van der Waals surface area contributed by atoms with Crippen molar-refractivity contribution < 1.29 is 14.3 Å². The van der Waals surface area contributed by atoms with E-state index < -0.39 is 0 Å². The summed E-state index contributed by atoms with van der Waals surface area (Å²) in [6.07, 6.45) is 0.465. The topological polar surface area (TPSA) is 86.1 Å². The average molecular weight is 467 g/mol. The molecule has 1 aromatic heterocycles. The first-order chi connectivity index (χ1) is 15.8. The Hall–Kier alpha value is -3.13. The molecule has 0 unspecified atom stereocenters. The number of amides is 1. The summed E-state index contributed by atoms with van der Waals surface area (Å²) in [6.45, 7) is 8.13. The lowest BCUT2D eigenvalue weighted by Crippen LogP contribution is -2.14. The third-order valence-electron chi connectivity index (χ3n) is 4.95. The third kappa shape index (κ3) is 6.44. The molecule has 1 amide bonds. The number of Topliss-reactive ketones (excluding diaryl/α,β-unsaturated/α-hetero) is 1. The van der Waals surface area contributed by atoms with E-state index in [-0.39, 0.29) is 23.5 Å². The van der Waals surface area contributed by atoms with Crippen LogP contribution in [0.25, 0.3) is 11.4 Å². The lowest BCUT2D eigenvalue weighted by molar-refractivity contribution is -0.116. The number of hydrogen-bond donors (Lipinski definition) is 1. The molecule has 0 aliphatic heterocycles. The number of hydrogen-bond acceptors (Lipinski definition) is 6. The molecule has 33 heavy (non-hydrogen) atoms. The van der Waals surface area contributed by atoms with Crippen molar-refractivity contribution in [3.63, 3.8) is 0 Å². The number of methoxy groups -OCH3 is 1. The van der Waals surface area contributed by atoms with Crippen LogP contribution in [0.1, 0.15) is 50.5 Å². The van der Waals surface area contributed by atoms with Gasteiger partial charge in [0.25, 0.3) is 0 Å². The minimum Gasteiger partial charge on any atom is -0.497 e. The van der Waals surface area contributed by atoms with Gasteiger partial charge in [-0.3, -0.25) is 14.2 Å². The summed E-state index contributed by atoms with van der Waals surface area (Å²) in [5, 5.41) is 12.3. The first-order valence-electron chi connectivity index (χ1n) is 10.9. The summed E-state index contributed by atoms with van der Waals surface area (Å²) in [5.41, 5.74) is 2.22. The molecule has 1 N–H and O–H groups in total. The Bertz CT molecular complexity index is 1090. The number of nitrogens with zero attached hydrogens (tertiary/aromatic N) is 3. The fourth-order valence-corrected chi connectivity index (χ4v) is 4.28. The SMILES string of the molecule is COc1ccc(-c2nnc(SCC(=O)c3ccc(NC(=O)CC(C)C)cc3)n2C(C)C)cc1. The van der Waals surface area contributed by atoms with E-state index in [9.17, 15) is 9.59 Å². The van der Waals surface area contributed by atoms with Crippen LogP contribution in [0, 0.1) is 5.92 Å². The van der Waals surface area contributed by atoms with Crippen molar-refractivity contribution in [1.29, 1.82) is 0 Å². The maximum absolute atomic E-state index is 12.7. The zero-order chi connectivity index (χ0) is 24.0. The van der Waals surface area contributed by atoms with E-state index in [2.05, 4.69) is 29.4 Å². The number of carbonyl (C=O) groups excluding carboxylic acids is 2. The minimum absolute atomic E-state index is 0.00985. The van der Waals surface area contributed by atoms with E-state index in [1.807, 2.05) is 42.7 Å². The van der Waals surface area contributed by atoms with Gasteiger partial charge >= 0.3 is 0 Å². The Kier molecular flexibility index (Phi) is 8.27. The maximum Gasteiger partial charge on any atom is 0.224 e. The Morgan fingerprint density at radius 1 is 1.00 bits per heavy atom. The predicted octanol–water partition coefficient (Wildman–Crippen LogP) is 5.49. The summed E-state index contributed by atoms with van der Waals surface area (Å²) in [6, 6.07) is 14.8. The Morgan fingerprint density at radius 2 is 1.67 bits per heavy atom. The zero-order valence-electron chi connectivity index (χ0n) is 19.7. The van der Waals surface area contributed by atoms with E-state index in [1.54, 1.807) is 31.4 Å². The van der Waals surface area contributed by atoms with Crippen molar-refractivity contribution >= 4 is 29.1 Å². The highest BCUT2D eigenvalue weighted by Gasteiger charge is 2.18. The van der Waals surface area contributed by atoms with E-state index in [1.165, 1.54) is 11.8 Å². The summed E-state index contributed by atoms with van der Waals surface area (Å²) in [4.78, 5) is 24.7. The summed E-state index contributed by atoms with van der Waals surface area (Å²) >= 11 is 1.37. The Morgan fingerprint density at radius 3 is 2.24 bits per heavy atom. The normalized spacial score (nSPS) is 11.1. The van der Waals surface area contributed by atoms with Crippen molar-refractivity contribution in [1.82, 2.24) is 14.8 Å². The number of nitrogens with one attached hydrogen (secondary N) is 1. The van der Waals surface area contributed by atoms with Gasteiger partial charge in [0.1, 0.15) is 5.75 Å². The Labute approximate surface area is 198 Å². The molecule has 0 saturated heterocycles. The standard InChI is InChI=1S/C25H30N4O3S/c1-16(2)14-23(31)26-20-10-6-18(7-11-20)22(30)15-33-25-28-27-24(29(25)17(3)4)19-8-12-21(32-5)13-9-19/h6-13,16-17H,14-15H2,1-5H3,(H,26,31). The zero-order valence-corrected chi connectivity index (χ0v) is 20.5. The molecule has 0 fully saturated rings. The van der Waals surface area contributed by atoms with Gasteiger partial charge in [0.2, 0.25) is 5.91 Å². The van der Waals surface area contributed by atoms with Gasteiger partial charge in [-0.2, -0.15) is 0 Å². The van der Waals surface area contributed by atoms with Gasteiger partial charge in [0, 0.05) is 29.3 Å². The van der Waals surface area contributed by atoms with Crippen LogP contribution in [0.5, 0.6) is 5.75 Å². The third-order valence-corrected chi connectivity index (χ3v) is 5.89. The van der Waals surface area contributed by atoms with Crippen LogP contribution in [0.15, 0.2) is 53.7 Å². The van der Waals surface area contributed by atoms with Crippen molar-refractivity contribution in [2.75, 3.05) is 18.2 Å². The van der Waals surface area contributed by atoms with Crippen LogP contribution in [0.3, 0.4) is 0 Å². The van der Waals surface area contributed by atoms with Gasteiger partial charge in [-0.25, -0.2) is 0 Å². The molecule has 3 aromatic rings. The average Bonchev–Trinajstić information content (AvgIpc) is 3.21. The first kappa shape index (κ1) is 24.5. The molecular weight excluding hydrogens is 436 g/mol. The van der Waals surface area contributed by atoms with Crippen LogP contribution in [-0.4, -0.2) is 39.3 Å². The molecule has 3 rings (SSSR count). The lowest BCUT2D eigenvalue weighted by atomic mass is 10.1. The van der Waals surface area contributed by atoms with E-state index >= 15 is 0 Å². The van der Waals surface area contributed by atoms with Crippen molar-refractivity contribution in [3.8, 4) is 17.1 Å². The predicted molar refractivity (Wildman–Crippen MR) is 132 cm³/mol. The second-order valence-electron chi connectivity index (χ2n) is 8.43. The molecule has 0 saturated carbocycles. The highest BCUT2D eigenvalue weighted by atomic mass is 32.2. The minimum atomic E-state index is -0.0275. The molecule has 0 spiro atoms. The summed E-state index contributed by atoms with van der Waals surface area (Å²) < 4.78 is 7.27. The fourth-order valence-electron chi connectivity index (χ4n) is 3.31. The second-order valence-corrected chi connectivity index (χ2v) is 9.38. The largest absolute Gasteiger partial charge is 0.497 e. The highest BCUT2D eigenvalue weighted by molar-refractivity contribution is 7.99. The number of ketones is 1. The van der Waals surface area contributed by atoms with Crippen LogP contribution >= 0.6 is 11.8 Å². The number of thioether (sulfide) groups is 1. The number of rotatable bonds is 10. The molecule has 0 bridgehead atoms. The molecule has 7 nitrogen and oxygen atoms in total. The smallest absolute Gasteiger partial charge is 0.224 e. The molecule has 0 atom stereocenters. The van der Waals surface area contributed by atoms with E-state index in [4.69, 9.17) is 4.74 Å². The monoisotopic (exact) mass is 466 g/mol. The first-order valence-corrected chi connectivity index (χ1v) is 11.9. The van der Waals surface area contributed by atoms with Crippen molar-refractivity contribution in [3.05, 3.63) is 54.1 Å². The fraction of sp³-hybridized carbons (Fsp3) is 0.360. The number of anilines is 1. The van der Waals surface area contributed by atoms with E-state index in [0.29, 0.717) is 28.7 Å². The molecule has 0 aliphatic rings.